The van der Waals surface area contributed by atoms with Gasteiger partial charge in [0.2, 0.25) is 5.91 Å². The molecule has 0 aromatic rings. The molecule has 2 aliphatic carbocycles. The zero-order valence-corrected chi connectivity index (χ0v) is 10.6. The smallest absolute Gasteiger partial charge is 0.223 e. The van der Waals surface area contributed by atoms with Gasteiger partial charge in [0.1, 0.15) is 0 Å². The fourth-order valence-electron chi connectivity index (χ4n) is 2.82. The van der Waals surface area contributed by atoms with Crippen LogP contribution in [0.5, 0.6) is 0 Å². The van der Waals surface area contributed by atoms with Crippen molar-refractivity contribution in [3.63, 3.8) is 0 Å². The Morgan fingerprint density at radius 2 is 1.75 bits per heavy atom. The van der Waals surface area contributed by atoms with Crippen molar-refractivity contribution in [3.05, 3.63) is 0 Å². The third-order valence-electron chi connectivity index (χ3n) is 3.80. The molecule has 0 saturated heterocycles. The van der Waals surface area contributed by atoms with Gasteiger partial charge in [0.05, 0.1) is 0 Å². The number of nitrogens with one attached hydrogen (secondary N) is 1. The monoisotopic (exact) mass is 246 g/mol. The Morgan fingerprint density at radius 1 is 1.06 bits per heavy atom. The lowest BCUT2D eigenvalue weighted by Gasteiger charge is -2.24. The topological polar surface area (TPSA) is 55.1 Å². The number of amides is 1. The summed E-state index contributed by atoms with van der Waals surface area (Å²) in [5.41, 5.74) is 5.82. The first-order valence-electron chi connectivity index (χ1n) is 6.31. The molecule has 1 amide bonds. The third-order valence-corrected chi connectivity index (χ3v) is 3.80. The van der Waals surface area contributed by atoms with Gasteiger partial charge in [-0.1, -0.05) is 19.3 Å². The van der Waals surface area contributed by atoms with Crippen LogP contribution in [-0.4, -0.2) is 18.0 Å². The van der Waals surface area contributed by atoms with Gasteiger partial charge < -0.3 is 11.1 Å². The average Bonchev–Trinajstić information content (AvgIpc) is 2.66. The van der Waals surface area contributed by atoms with E-state index in [1.165, 1.54) is 32.1 Å². The van der Waals surface area contributed by atoms with Crippen molar-refractivity contribution in [2.24, 2.45) is 11.7 Å². The van der Waals surface area contributed by atoms with Gasteiger partial charge in [0.15, 0.2) is 0 Å². The van der Waals surface area contributed by atoms with Gasteiger partial charge in [-0.2, -0.15) is 0 Å². The van der Waals surface area contributed by atoms with E-state index in [2.05, 4.69) is 5.32 Å². The highest BCUT2D eigenvalue weighted by Gasteiger charge is 2.29. The van der Waals surface area contributed by atoms with E-state index in [9.17, 15) is 4.79 Å². The molecule has 2 atom stereocenters. The Bertz CT molecular complexity index is 229. The van der Waals surface area contributed by atoms with E-state index in [0.717, 1.165) is 19.3 Å². The molecule has 2 fully saturated rings. The molecule has 0 bridgehead atoms. The lowest BCUT2D eigenvalue weighted by molar-refractivity contribution is -0.125. The molecule has 2 aliphatic rings. The van der Waals surface area contributed by atoms with Crippen molar-refractivity contribution in [2.45, 2.75) is 63.5 Å². The highest BCUT2D eigenvalue weighted by molar-refractivity contribution is 5.85. The second kappa shape index (κ2) is 6.45. The summed E-state index contributed by atoms with van der Waals surface area (Å²) < 4.78 is 0. The molecule has 2 unspecified atom stereocenters. The minimum atomic E-state index is 0. The predicted molar refractivity (Wildman–Crippen MR) is 67.6 cm³/mol. The van der Waals surface area contributed by atoms with Crippen LogP contribution in [0.25, 0.3) is 0 Å². The van der Waals surface area contributed by atoms with E-state index in [1.807, 2.05) is 0 Å². The lowest BCUT2D eigenvalue weighted by Crippen LogP contribution is -2.39. The van der Waals surface area contributed by atoms with Crippen molar-refractivity contribution in [2.75, 3.05) is 0 Å². The van der Waals surface area contributed by atoms with Crippen LogP contribution in [0.1, 0.15) is 51.4 Å². The van der Waals surface area contributed by atoms with Crippen molar-refractivity contribution in [3.8, 4) is 0 Å². The summed E-state index contributed by atoms with van der Waals surface area (Å²) in [6.07, 6.45) is 9.11. The zero-order chi connectivity index (χ0) is 10.7. The van der Waals surface area contributed by atoms with Gasteiger partial charge in [-0.15, -0.1) is 12.4 Å². The second-order valence-electron chi connectivity index (χ2n) is 5.11. The Kier molecular flexibility index (Phi) is 5.56. The Labute approximate surface area is 104 Å². The predicted octanol–water partition coefficient (Wildman–Crippen LogP) is 1.98. The Morgan fingerprint density at radius 3 is 2.31 bits per heavy atom. The molecule has 2 saturated carbocycles. The van der Waals surface area contributed by atoms with Crippen LogP contribution >= 0.6 is 12.4 Å². The first-order valence-corrected chi connectivity index (χ1v) is 6.31. The second-order valence-corrected chi connectivity index (χ2v) is 5.11. The van der Waals surface area contributed by atoms with E-state index < -0.39 is 0 Å². The number of carbonyl (C=O) groups excluding carboxylic acids is 1. The summed E-state index contributed by atoms with van der Waals surface area (Å²) in [6.45, 7) is 0. The summed E-state index contributed by atoms with van der Waals surface area (Å²) in [5.74, 6) is 0.455. The summed E-state index contributed by atoms with van der Waals surface area (Å²) in [5, 5.41) is 3.19. The Balaban J connectivity index is 0.00000128. The van der Waals surface area contributed by atoms with Crippen LogP contribution in [0.4, 0.5) is 0 Å². The summed E-state index contributed by atoms with van der Waals surface area (Å²) >= 11 is 0. The van der Waals surface area contributed by atoms with Crippen LogP contribution < -0.4 is 11.1 Å². The number of nitrogens with two attached hydrogens (primary N) is 1. The fraction of sp³-hybridized carbons (Fsp3) is 0.917. The standard InChI is InChI=1S/C12H22N2O.ClH/c13-10-7-6-9(8-10)12(15)14-11-4-2-1-3-5-11;/h9-11H,1-8,13H2,(H,14,15);1H. The minimum absolute atomic E-state index is 0. The first kappa shape index (κ1) is 13.8. The summed E-state index contributed by atoms with van der Waals surface area (Å²) in [4.78, 5) is 11.9. The van der Waals surface area contributed by atoms with E-state index in [1.54, 1.807) is 0 Å². The maximum atomic E-state index is 11.9. The largest absolute Gasteiger partial charge is 0.353 e. The van der Waals surface area contributed by atoms with Gasteiger partial charge in [0.25, 0.3) is 0 Å². The molecular formula is C12H23ClN2O. The number of carbonyl (C=O) groups is 1. The van der Waals surface area contributed by atoms with Crippen LogP contribution in [-0.2, 0) is 4.79 Å². The van der Waals surface area contributed by atoms with Crippen molar-refractivity contribution in [1.29, 1.82) is 0 Å². The number of halogens is 1. The van der Waals surface area contributed by atoms with Crippen LogP contribution in [0, 0.1) is 5.92 Å². The highest BCUT2D eigenvalue weighted by Crippen LogP contribution is 2.25. The van der Waals surface area contributed by atoms with E-state index >= 15 is 0 Å². The van der Waals surface area contributed by atoms with Gasteiger partial charge in [0, 0.05) is 18.0 Å². The number of hydrogen-bond donors (Lipinski definition) is 2. The molecule has 0 spiro atoms. The molecule has 2 rings (SSSR count). The number of rotatable bonds is 2. The van der Waals surface area contributed by atoms with Gasteiger partial charge in [-0.3, -0.25) is 4.79 Å². The zero-order valence-electron chi connectivity index (χ0n) is 9.78. The maximum Gasteiger partial charge on any atom is 0.223 e. The fourth-order valence-corrected chi connectivity index (χ4v) is 2.82. The van der Waals surface area contributed by atoms with Crippen LogP contribution in [0.3, 0.4) is 0 Å². The quantitative estimate of drug-likeness (QED) is 0.783. The molecule has 3 N–H and O–H groups in total. The lowest BCUT2D eigenvalue weighted by atomic mass is 9.94. The normalized spacial score (nSPS) is 30.8. The van der Waals surface area contributed by atoms with Gasteiger partial charge >= 0.3 is 0 Å². The first-order chi connectivity index (χ1) is 7.25. The van der Waals surface area contributed by atoms with Crippen LogP contribution in [0.2, 0.25) is 0 Å². The average molecular weight is 247 g/mol. The van der Waals surface area contributed by atoms with E-state index in [4.69, 9.17) is 5.73 Å². The van der Waals surface area contributed by atoms with Crippen molar-refractivity contribution in [1.82, 2.24) is 5.32 Å². The van der Waals surface area contributed by atoms with Gasteiger partial charge in [-0.05, 0) is 32.1 Å². The molecule has 0 radical (unpaired) electrons. The van der Waals surface area contributed by atoms with Crippen LogP contribution in [0.15, 0.2) is 0 Å². The SMILES string of the molecule is Cl.NC1CCC(C(=O)NC2CCCCC2)C1. The summed E-state index contributed by atoms with van der Waals surface area (Å²) in [7, 11) is 0. The van der Waals surface area contributed by atoms with Crippen molar-refractivity contribution >= 4 is 18.3 Å². The molecule has 0 aliphatic heterocycles. The highest BCUT2D eigenvalue weighted by atomic mass is 35.5. The molecule has 4 heteroatoms. The molecule has 3 nitrogen and oxygen atoms in total. The Hall–Kier alpha value is -0.280. The molecule has 16 heavy (non-hydrogen) atoms. The molecular weight excluding hydrogens is 224 g/mol. The maximum absolute atomic E-state index is 11.9. The van der Waals surface area contributed by atoms with Gasteiger partial charge in [-0.25, -0.2) is 0 Å². The van der Waals surface area contributed by atoms with Crippen molar-refractivity contribution < 1.29 is 4.79 Å². The molecule has 94 valence electrons. The molecule has 0 aromatic carbocycles. The van der Waals surface area contributed by atoms with E-state index in [0.29, 0.717) is 6.04 Å². The third kappa shape index (κ3) is 3.63. The molecule has 0 aromatic heterocycles. The number of hydrogen-bond acceptors (Lipinski definition) is 2. The van der Waals surface area contributed by atoms with E-state index in [-0.39, 0.29) is 30.3 Å². The summed E-state index contributed by atoms with van der Waals surface area (Å²) in [6, 6.07) is 0.704. The minimum Gasteiger partial charge on any atom is -0.353 e. The molecule has 0 heterocycles.